The van der Waals surface area contributed by atoms with Gasteiger partial charge in [-0.2, -0.15) is 0 Å². The van der Waals surface area contributed by atoms with Crippen molar-refractivity contribution >= 4 is 5.97 Å². The third-order valence-electron chi connectivity index (χ3n) is 10.2. The SMILES string of the molecule is Cc1ccnc(-c2[c-]cc(F)nc2F)c1.Cc1ccnc(-c2[c-]cc(F)nc2F)c1.Cc1ccnc(-c2[c-]cc(F)nc2F)c1.Cc1ccnc(-c2[c-]cc(F)nc2F)c1.Fc1c[c-]c(-c2ccccn2)c(F)n1.O=C(O)c1ccccn1.[Ir].[Ir].[Ir].[Ir].[Ir]. The van der Waals surface area contributed by atoms with Crippen LogP contribution >= 0.6 is 0 Å². The molecule has 0 unspecified atom stereocenters. The van der Waals surface area contributed by atoms with Crippen LogP contribution in [0, 0.1) is 118 Å². The fourth-order valence-corrected chi connectivity index (χ4v) is 6.46. The minimum Gasteiger partial charge on any atom is -0.477 e. The number of pyridine rings is 11. The van der Waals surface area contributed by atoms with Crippen LogP contribution in [0.1, 0.15) is 32.7 Å². The van der Waals surface area contributed by atoms with Gasteiger partial charge in [-0.25, -0.2) is 53.7 Å². The third kappa shape index (κ3) is 25.0. The molecule has 0 bridgehead atoms. The summed E-state index contributed by atoms with van der Waals surface area (Å²) in [4.78, 5) is 48.8. The molecule has 0 spiro atoms. The smallest absolute Gasteiger partial charge is 0.354 e. The van der Waals surface area contributed by atoms with Gasteiger partial charge >= 0.3 is 5.97 Å². The Morgan fingerprint density at radius 3 is 0.761 bits per heavy atom. The van der Waals surface area contributed by atoms with E-state index in [1.165, 1.54) is 18.5 Å². The van der Waals surface area contributed by atoms with Gasteiger partial charge < -0.3 is 30.0 Å². The van der Waals surface area contributed by atoms with E-state index < -0.39 is 65.4 Å². The predicted octanol–water partition coefficient (Wildman–Crippen LogP) is 13.1. The molecule has 0 aliphatic heterocycles. The van der Waals surface area contributed by atoms with Crippen LogP contribution in [-0.2, 0) is 101 Å². The first-order valence-corrected chi connectivity index (χ1v) is 23.7. The predicted molar refractivity (Wildman–Crippen MR) is 281 cm³/mol. The molecule has 11 aromatic rings. The molecule has 0 atom stereocenters. The zero-order valence-electron chi connectivity index (χ0n) is 45.2. The Morgan fingerprint density at radius 1 is 0.330 bits per heavy atom. The van der Waals surface area contributed by atoms with Gasteiger partial charge in [-0.3, -0.25) is 24.9 Å². The van der Waals surface area contributed by atoms with E-state index in [1.807, 2.05) is 27.7 Å². The van der Waals surface area contributed by atoms with Crippen molar-refractivity contribution in [3.8, 4) is 56.3 Å². The fourth-order valence-electron chi connectivity index (χ4n) is 6.46. The number of carboxylic acid groups (broad SMARTS) is 1. The van der Waals surface area contributed by atoms with E-state index in [2.05, 4.69) is 85.2 Å². The number of aryl methyl sites for hydroxylation is 4. The first-order chi connectivity index (χ1) is 39.7. The number of halogens is 10. The summed E-state index contributed by atoms with van der Waals surface area (Å²) in [5, 5.41) is 8.32. The van der Waals surface area contributed by atoms with Gasteiger partial charge in [0.15, 0.2) is 0 Å². The fraction of sp³-hybridized carbons (Fsp3) is 0.0667. The normalized spacial score (nSPS) is 9.57. The monoisotopic (exact) mass is 2100 g/mol. The largest absolute Gasteiger partial charge is 0.477 e. The summed E-state index contributed by atoms with van der Waals surface area (Å²) in [5.41, 5.74) is 6.26. The van der Waals surface area contributed by atoms with Crippen molar-refractivity contribution in [1.29, 1.82) is 0 Å². The molecule has 11 aromatic heterocycles. The quantitative estimate of drug-likeness (QED) is 0.0945. The van der Waals surface area contributed by atoms with E-state index >= 15 is 0 Å². The van der Waals surface area contributed by atoms with Crippen molar-refractivity contribution in [2.75, 3.05) is 0 Å². The molecule has 0 amide bonds. The van der Waals surface area contributed by atoms with Gasteiger partial charge in [0.25, 0.3) is 0 Å². The minimum atomic E-state index is -0.990. The molecule has 0 saturated heterocycles. The van der Waals surface area contributed by atoms with Crippen molar-refractivity contribution in [3.63, 3.8) is 0 Å². The number of aromatic carboxylic acids is 1. The third-order valence-corrected chi connectivity index (χ3v) is 10.2. The van der Waals surface area contributed by atoms with Crippen LogP contribution in [0.15, 0.2) is 152 Å². The summed E-state index contributed by atoms with van der Waals surface area (Å²) >= 11 is 0. The van der Waals surface area contributed by atoms with Crippen LogP contribution in [0.2, 0.25) is 0 Å². The molecule has 0 fully saturated rings. The molecule has 11 heterocycles. The Labute approximate surface area is 564 Å². The maximum atomic E-state index is 13.2. The summed E-state index contributed by atoms with van der Waals surface area (Å²) in [5.74, 6) is -9.90. The first-order valence-electron chi connectivity index (χ1n) is 23.7. The number of carboxylic acids is 1. The van der Waals surface area contributed by atoms with Crippen LogP contribution < -0.4 is 0 Å². The Balaban J connectivity index is 0.000000525. The number of aromatic nitrogens is 11. The molecule has 0 aliphatic carbocycles. The average Bonchev–Trinajstić information content (AvgIpc) is 3.63. The van der Waals surface area contributed by atoms with Gasteiger partial charge in [0, 0.05) is 138 Å². The van der Waals surface area contributed by atoms with E-state index in [0.29, 0.717) is 28.5 Å². The Morgan fingerprint density at radius 2 is 0.568 bits per heavy atom. The van der Waals surface area contributed by atoms with Crippen LogP contribution in [-0.4, -0.2) is 65.9 Å². The van der Waals surface area contributed by atoms with E-state index in [1.54, 1.807) is 104 Å². The van der Waals surface area contributed by atoms with Gasteiger partial charge in [-0.15, -0.1) is 30.3 Å². The number of hydrogen-bond donors (Lipinski definition) is 1. The maximum absolute atomic E-state index is 13.2. The molecule has 0 saturated carbocycles. The van der Waals surface area contributed by atoms with Crippen LogP contribution in [0.5, 0.6) is 0 Å². The van der Waals surface area contributed by atoms with Crippen molar-refractivity contribution in [1.82, 2.24) is 54.8 Å². The first kappa shape index (κ1) is 78.7. The van der Waals surface area contributed by atoms with Crippen molar-refractivity contribution in [2.24, 2.45) is 0 Å². The van der Waals surface area contributed by atoms with Crippen molar-refractivity contribution in [2.45, 2.75) is 27.7 Å². The zero-order chi connectivity index (χ0) is 60.0. The molecule has 11 rings (SSSR count). The number of nitrogens with zero attached hydrogens (tertiary/aromatic N) is 11. The van der Waals surface area contributed by atoms with Crippen LogP contribution in [0.3, 0.4) is 0 Å². The molecular weight excluding hydrogens is 2060 g/mol. The minimum absolute atomic E-state index is 0. The topological polar surface area (TPSA) is 179 Å². The van der Waals surface area contributed by atoms with Crippen molar-refractivity contribution in [3.05, 3.63) is 270 Å². The van der Waals surface area contributed by atoms with Crippen LogP contribution in [0.25, 0.3) is 56.3 Å². The van der Waals surface area contributed by atoms with Gasteiger partial charge in [0.1, 0.15) is 65.2 Å². The molecular formula is C60H38F10Ir5N11O2-5. The summed E-state index contributed by atoms with van der Waals surface area (Å²) in [6, 6.07) is 41.0. The van der Waals surface area contributed by atoms with Gasteiger partial charge in [0.2, 0.25) is 0 Å². The Kier molecular flexibility index (Phi) is 35.3. The summed E-state index contributed by atoms with van der Waals surface area (Å²) in [6.45, 7) is 7.44. The average molecular weight is 2100 g/mol. The van der Waals surface area contributed by atoms with Gasteiger partial charge in [-0.05, 0) is 98.6 Å². The van der Waals surface area contributed by atoms with E-state index in [-0.39, 0.29) is 134 Å². The summed E-state index contributed by atoms with van der Waals surface area (Å²) in [6.07, 6.45) is 9.20. The molecule has 0 aromatic carbocycles. The second kappa shape index (κ2) is 39.5. The Bertz CT molecular complexity index is 3610. The zero-order valence-corrected chi connectivity index (χ0v) is 57.1. The molecule has 5 radical (unpaired) electrons. The van der Waals surface area contributed by atoms with Crippen molar-refractivity contribution < 1.29 is 154 Å². The number of carbonyl (C=O) groups is 1. The van der Waals surface area contributed by atoms with E-state index in [9.17, 15) is 48.7 Å². The molecule has 1 N–H and O–H groups in total. The van der Waals surface area contributed by atoms with E-state index in [4.69, 9.17) is 5.11 Å². The van der Waals surface area contributed by atoms with E-state index in [0.717, 1.165) is 52.6 Å². The molecule has 88 heavy (non-hydrogen) atoms. The molecule has 28 heteroatoms. The van der Waals surface area contributed by atoms with Gasteiger partial charge in [-0.1, -0.05) is 123 Å². The van der Waals surface area contributed by atoms with Crippen LogP contribution in [0.4, 0.5) is 43.9 Å². The standard InChI is InChI=1S/4C11H7F2N2.C10H5F2N2.C6H5NO2.5Ir/c4*1-7-4-5-14-9(6-7)8-2-3-10(12)15-11(8)13;11-9-5-4-7(10(12)14-9)8-3-1-2-6-13-8;8-6(9)5-3-1-2-4-7-5;;;;;/h4*3-6H,1H3;1-3,5-6H;1-4H,(H,8,9);;;;;/q5*-1;;;;;;. The number of rotatable bonds is 6. The Hall–Kier alpha value is -7.33. The molecule has 465 valence electrons. The second-order valence-electron chi connectivity index (χ2n) is 16.6. The number of hydrogen-bond acceptors (Lipinski definition) is 12. The summed E-state index contributed by atoms with van der Waals surface area (Å²) < 4.78 is 129. The second-order valence-corrected chi connectivity index (χ2v) is 16.6. The summed E-state index contributed by atoms with van der Waals surface area (Å²) in [7, 11) is 0. The molecule has 13 nitrogen and oxygen atoms in total. The van der Waals surface area contributed by atoms with Gasteiger partial charge in [0.05, 0.1) is 0 Å². The molecule has 0 aliphatic rings. The maximum Gasteiger partial charge on any atom is 0.354 e.